The van der Waals surface area contributed by atoms with Crippen LogP contribution in [0.5, 0.6) is 0 Å². The molecule has 7 heteroatoms. The van der Waals surface area contributed by atoms with Crippen molar-refractivity contribution in [3.8, 4) is 12.3 Å². The Labute approximate surface area is 174 Å². The molecule has 2 unspecified atom stereocenters. The molecule has 0 spiro atoms. The molecule has 3 heterocycles. The number of piperazine rings is 1. The summed E-state index contributed by atoms with van der Waals surface area (Å²) in [6.45, 7) is 7.38. The van der Waals surface area contributed by atoms with Crippen molar-refractivity contribution in [1.82, 2.24) is 9.47 Å². The van der Waals surface area contributed by atoms with Crippen molar-refractivity contribution in [3.63, 3.8) is 0 Å². The van der Waals surface area contributed by atoms with E-state index in [1.54, 1.807) is 6.07 Å². The molecule has 0 aliphatic carbocycles. The van der Waals surface area contributed by atoms with Gasteiger partial charge in [-0.25, -0.2) is 4.79 Å². The summed E-state index contributed by atoms with van der Waals surface area (Å²) in [5.41, 5.74) is 2.14. The Balaban J connectivity index is 1.85. The third kappa shape index (κ3) is 3.19. The molecule has 0 saturated carbocycles. The second-order valence-electron chi connectivity index (χ2n) is 7.92. The van der Waals surface area contributed by atoms with Gasteiger partial charge in [0.1, 0.15) is 5.56 Å². The van der Waals surface area contributed by atoms with E-state index < -0.39 is 11.4 Å². The molecule has 2 aliphatic heterocycles. The number of aromatic nitrogens is 1. The van der Waals surface area contributed by atoms with Crippen molar-refractivity contribution in [1.29, 1.82) is 0 Å². The summed E-state index contributed by atoms with van der Waals surface area (Å²) in [6, 6.07) is 1.87. The number of benzene rings is 1. The first-order valence-electron chi connectivity index (χ1n) is 9.92. The molecule has 0 bridgehead atoms. The van der Waals surface area contributed by atoms with Crippen LogP contribution in [0.15, 0.2) is 17.1 Å². The van der Waals surface area contributed by atoms with Crippen LogP contribution < -0.4 is 10.3 Å². The fourth-order valence-electron chi connectivity index (χ4n) is 4.57. The Bertz CT molecular complexity index is 1090. The zero-order valence-electron chi connectivity index (χ0n) is 16.6. The van der Waals surface area contributed by atoms with E-state index in [1.807, 2.05) is 18.4 Å². The molecule has 2 atom stereocenters. The number of pyridine rings is 1. The number of carboxylic acid groups (broad SMARTS) is 1. The van der Waals surface area contributed by atoms with Crippen LogP contribution in [0, 0.1) is 12.3 Å². The Kier molecular flexibility index (Phi) is 5.05. The maximum Gasteiger partial charge on any atom is 0.341 e. The van der Waals surface area contributed by atoms with Crippen LogP contribution in [0.4, 0.5) is 5.69 Å². The highest BCUT2D eigenvalue weighted by Crippen LogP contribution is 2.41. The number of rotatable bonds is 3. The average Bonchev–Trinajstić information content (AvgIpc) is 2.71. The Morgan fingerprint density at radius 1 is 1.34 bits per heavy atom. The smallest absolute Gasteiger partial charge is 0.341 e. The third-order valence-corrected chi connectivity index (χ3v) is 6.56. The van der Waals surface area contributed by atoms with E-state index in [-0.39, 0.29) is 17.6 Å². The van der Waals surface area contributed by atoms with Crippen LogP contribution in [0.1, 0.15) is 42.2 Å². The van der Waals surface area contributed by atoms with Gasteiger partial charge < -0.3 is 14.6 Å². The van der Waals surface area contributed by atoms with Crippen LogP contribution in [0.2, 0.25) is 5.02 Å². The molecular weight excluding hydrogens is 390 g/mol. The molecule has 4 rings (SSSR count). The number of terminal acetylenes is 1. The van der Waals surface area contributed by atoms with Crippen LogP contribution in [-0.2, 0) is 6.42 Å². The number of hydrogen-bond acceptors (Lipinski definition) is 4. The highest BCUT2D eigenvalue weighted by Gasteiger charge is 2.29. The predicted molar refractivity (Wildman–Crippen MR) is 115 cm³/mol. The molecule has 152 valence electrons. The molecule has 1 fully saturated rings. The maximum absolute atomic E-state index is 12.8. The molecule has 2 aromatic rings. The van der Waals surface area contributed by atoms with Gasteiger partial charge in [0, 0.05) is 49.4 Å². The summed E-state index contributed by atoms with van der Waals surface area (Å²) in [7, 11) is 0. The van der Waals surface area contributed by atoms with E-state index in [0.29, 0.717) is 10.4 Å². The summed E-state index contributed by atoms with van der Waals surface area (Å²) in [4.78, 5) is 28.9. The minimum atomic E-state index is -1.21. The zero-order valence-corrected chi connectivity index (χ0v) is 17.4. The molecular formula is C22H24ClN3O3. The summed E-state index contributed by atoms with van der Waals surface area (Å²) in [6.07, 6.45) is 8.73. The monoisotopic (exact) mass is 413 g/mol. The summed E-state index contributed by atoms with van der Waals surface area (Å²) in [5.74, 6) is 1.58. The lowest BCUT2D eigenvalue weighted by molar-refractivity contribution is 0.0694. The van der Waals surface area contributed by atoms with Gasteiger partial charge in [0.15, 0.2) is 0 Å². The number of carboxylic acids is 1. The lowest BCUT2D eigenvalue weighted by Crippen LogP contribution is -2.49. The number of halogens is 1. The molecule has 1 aromatic heterocycles. The fourth-order valence-corrected chi connectivity index (χ4v) is 4.91. The van der Waals surface area contributed by atoms with Gasteiger partial charge in [-0.1, -0.05) is 17.5 Å². The number of hydrogen-bond donors (Lipinski definition) is 1. The van der Waals surface area contributed by atoms with Crippen LogP contribution in [0.25, 0.3) is 10.9 Å². The van der Waals surface area contributed by atoms with Gasteiger partial charge >= 0.3 is 5.97 Å². The Morgan fingerprint density at radius 3 is 2.66 bits per heavy atom. The average molecular weight is 414 g/mol. The van der Waals surface area contributed by atoms with Crippen molar-refractivity contribution in [2.24, 2.45) is 0 Å². The van der Waals surface area contributed by atoms with Crippen molar-refractivity contribution >= 4 is 34.2 Å². The highest BCUT2D eigenvalue weighted by molar-refractivity contribution is 6.34. The van der Waals surface area contributed by atoms with Gasteiger partial charge in [-0.3, -0.25) is 9.69 Å². The number of carbonyl (C=O) groups is 1. The van der Waals surface area contributed by atoms with Gasteiger partial charge in [-0.15, -0.1) is 6.42 Å². The Hall–Kier alpha value is -2.49. The molecule has 6 nitrogen and oxygen atoms in total. The minimum absolute atomic E-state index is 0.100. The second kappa shape index (κ2) is 7.40. The zero-order chi connectivity index (χ0) is 20.9. The summed E-state index contributed by atoms with van der Waals surface area (Å²) in [5, 5.41) is 10.4. The van der Waals surface area contributed by atoms with E-state index in [0.717, 1.165) is 55.8 Å². The lowest BCUT2D eigenvalue weighted by atomic mass is 9.93. The summed E-state index contributed by atoms with van der Waals surface area (Å²) >= 11 is 6.68. The molecule has 2 aliphatic rings. The number of nitrogens with zero attached hydrogens (tertiary/aromatic N) is 3. The first-order chi connectivity index (χ1) is 13.8. The third-order valence-electron chi connectivity index (χ3n) is 6.28. The highest BCUT2D eigenvalue weighted by atomic mass is 35.5. The topological polar surface area (TPSA) is 65.8 Å². The van der Waals surface area contributed by atoms with Crippen molar-refractivity contribution in [2.75, 3.05) is 31.1 Å². The molecule has 1 N–H and O–H groups in total. The number of aryl methyl sites for hydroxylation is 1. The maximum atomic E-state index is 12.8. The van der Waals surface area contributed by atoms with Gasteiger partial charge in [0.05, 0.1) is 22.3 Å². The van der Waals surface area contributed by atoms with Crippen LogP contribution in [-0.4, -0.2) is 52.8 Å². The van der Waals surface area contributed by atoms with E-state index in [1.165, 1.54) is 6.20 Å². The lowest BCUT2D eigenvalue weighted by Gasteiger charge is -2.40. The molecule has 29 heavy (non-hydrogen) atoms. The molecule has 1 aromatic carbocycles. The van der Waals surface area contributed by atoms with E-state index in [9.17, 15) is 14.7 Å². The summed E-state index contributed by atoms with van der Waals surface area (Å²) < 4.78 is 1.94. The first kappa shape index (κ1) is 19.8. The van der Waals surface area contributed by atoms with E-state index in [4.69, 9.17) is 18.0 Å². The van der Waals surface area contributed by atoms with Crippen molar-refractivity contribution in [3.05, 3.63) is 38.6 Å². The fraction of sp³-hybridized carbons (Fsp3) is 0.455. The van der Waals surface area contributed by atoms with Crippen molar-refractivity contribution in [2.45, 2.75) is 38.8 Å². The minimum Gasteiger partial charge on any atom is -0.477 e. The SMILES string of the molecule is C#CC(C)N1CCN(c2c(Cl)cc3c(=O)c(C(=O)O)cn4c3c2CCC4C)CC1. The van der Waals surface area contributed by atoms with E-state index in [2.05, 4.69) is 15.7 Å². The van der Waals surface area contributed by atoms with Gasteiger partial charge in [-0.2, -0.15) is 0 Å². The molecule has 0 radical (unpaired) electrons. The van der Waals surface area contributed by atoms with E-state index >= 15 is 0 Å². The molecule has 0 amide bonds. The number of aromatic carboxylic acids is 1. The Morgan fingerprint density at radius 2 is 2.03 bits per heavy atom. The first-order valence-corrected chi connectivity index (χ1v) is 10.3. The van der Waals surface area contributed by atoms with Crippen molar-refractivity contribution < 1.29 is 9.90 Å². The second-order valence-corrected chi connectivity index (χ2v) is 8.33. The van der Waals surface area contributed by atoms with Gasteiger partial charge in [0.2, 0.25) is 5.43 Å². The standard InChI is InChI=1S/C22H24ClN3O3/c1-4-13(2)24-7-9-25(10-8-24)20-15-6-5-14(3)26-12-17(22(28)29)21(27)16(19(15)26)11-18(20)23/h1,11-14H,5-10H2,2-3H3,(H,28,29). The number of anilines is 1. The quantitative estimate of drug-likeness (QED) is 0.783. The van der Waals surface area contributed by atoms with Gasteiger partial charge in [0.25, 0.3) is 0 Å². The predicted octanol–water partition coefficient (Wildman–Crippen LogP) is 3.00. The van der Waals surface area contributed by atoms with Crippen LogP contribution >= 0.6 is 11.6 Å². The normalized spacial score (nSPS) is 20.5. The largest absolute Gasteiger partial charge is 0.477 e. The van der Waals surface area contributed by atoms with Gasteiger partial charge in [-0.05, 0) is 32.8 Å². The molecule has 1 saturated heterocycles. The van der Waals surface area contributed by atoms with Crippen LogP contribution in [0.3, 0.4) is 0 Å².